The average molecular weight is 242 g/mol. The maximum Gasteiger partial charge on any atom is 0.0930 e. The lowest BCUT2D eigenvalue weighted by Gasteiger charge is -2.10. The van der Waals surface area contributed by atoms with E-state index in [2.05, 4.69) is 31.1 Å². The maximum absolute atomic E-state index is 8.79. The van der Waals surface area contributed by atoms with Gasteiger partial charge in [0.15, 0.2) is 0 Å². The molecule has 0 saturated heterocycles. The maximum atomic E-state index is 8.79. The van der Waals surface area contributed by atoms with Gasteiger partial charge in [-0.3, -0.25) is 0 Å². The molecule has 0 saturated carbocycles. The van der Waals surface area contributed by atoms with Gasteiger partial charge in [0.05, 0.1) is 5.01 Å². The molecule has 1 aromatic heterocycles. The Morgan fingerprint density at radius 1 is 1.44 bits per heavy atom. The lowest BCUT2D eigenvalue weighted by atomic mass is 10.1. The van der Waals surface area contributed by atoms with E-state index in [4.69, 9.17) is 5.11 Å². The van der Waals surface area contributed by atoms with Crippen molar-refractivity contribution in [2.24, 2.45) is 5.92 Å². The van der Waals surface area contributed by atoms with Gasteiger partial charge in [0.25, 0.3) is 0 Å². The fraction of sp³-hybridized carbons (Fsp3) is 0.750. The summed E-state index contributed by atoms with van der Waals surface area (Å²) in [4.78, 5) is 5.69. The van der Waals surface area contributed by atoms with Crippen molar-refractivity contribution in [1.82, 2.24) is 10.3 Å². The number of thiazole rings is 1. The van der Waals surface area contributed by atoms with Crippen LogP contribution in [0.4, 0.5) is 0 Å². The normalized spacial score (nSPS) is 13.3. The monoisotopic (exact) mass is 242 g/mol. The van der Waals surface area contributed by atoms with Crippen LogP contribution in [0.3, 0.4) is 0 Å². The van der Waals surface area contributed by atoms with Crippen LogP contribution in [0.2, 0.25) is 0 Å². The van der Waals surface area contributed by atoms with Crippen molar-refractivity contribution in [2.45, 2.75) is 46.2 Å². The first-order valence-electron chi connectivity index (χ1n) is 5.89. The highest BCUT2D eigenvalue weighted by Gasteiger charge is 2.05. The SMILES string of the molecule is CC(C)Cc1ncc(CN[C@H](C)CCO)s1. The number of aromatic nitrogens is 1. The predicted molar refractivity (Wildman–Crippen MR) is 68.7 cm³/mol. The minimum atomic E-state index is 0.245. The smallest absolute Gasteiger partial charge is 0.0930 e. The van der Waals surface area contributed by atoms with Crippen LogP contribution in [0, 0.1) is 5.92 Å². The molecule has 1 atom stereocenters. The molecule has 0 aliphatic rings. The number of nitrogens with one attached hydrogen (secondary N) is 1. The first-order valence-corrected chi connectivity index (χ1v) is 6.71. The molecule has 0 bridgehead atoms. The van der Waals surface area contributed by atoms with Gasteiger partial charge in [-0.1, -0.05) is 13.8 Å². The van der Waals surface area contributed by atoms with Crippen LogP contribution in [0.5, 0.6) is 0 Å². The molecule has 92 valence electrons. The molecule has 0 aliphatic heterocycles. The molecule has 0 radical (unpaired) electrons. The van der Waals surface area contributed by atoms with E-state index in [0.29, 0.717) is 12.0 Å². The van der Waals surface area contributed by atoms with E-state index in [0.717, 1.165) is 19.4 Å². The van der Waals surface area contributed by atoms with Crippen molar-refractivity contribution < 1.29 is 5.11 Å². The van der Waals surface area contributed by atoms with Crippen molar-refractivity contribution in [3.63, 3.8) is 0 Å². The minimum Gasteiger partial charge on any atom is -0.396 e. The van der Waals surface area contributed by atoms with E-state index in [1.165, 1.54) is 9.88 Å². The fourth-order valence-corrected chi connectivity index (χ4v) is 2.53. The zero-order chi connectivity index (χ0) is 12.0. The van der Waals surface area contributed by atoms with Crippen LogP contribution in [0.1, 0.15) is 37.1 Å². The van der Waals surface area contributed by atoms with Crippen molar-refractivity contribution in [3.8, 4) is 0 Å². The molecule has 4 heteroatoms. The molecule has 2 N–H and O–H groups in total. The number of nitrogens with zero attached hydrogens (tertiary/aromatic N) is 1. The molecule has 1 rings (SSSR count). The molecule has 0 aromatic carbocycles. The van der Waals surface area contributed by atoms with Gasteiger partial charge >= 0.3 is 0 Å². The van der Waals surface area contributed by atoms with Crippen LogP contribution < -0.4 is 5.32 Å². The largest absolute Gasteiger partial charge is 0.396 e. The summed E-state index contributed by atoms with van der Waals surface area (Å²) >= 11 is 1.79. The van der Waals surface area contributed by atoms with Gasteiger partial charge in [-0.15, -0.1) is 11.3 Å². The van der Waals surface area contributed by atoms with Gasteiger partial charge in [0.2, 0.25) is 0 Å². The molecule has 1 heterocycles. The second kappa shape index (κ2) is 6.99. The van der Waals surface area contributed by atoms with Crippen molar-refractivity contribution in [2.75, 3.05) is 6.61 Å². The van der Waals surface area contributed by atoms with Crippen LogP contribution in [0.15, 0.2) is 6.20 Å². The number of rotatable bonds is 7. The zero-order valence-corrected chi connectivity index (χ0v) is 11.2. The third kappa shape index (κ3) is 5.05. The number of hydrogen-bond acceptors (Lipinski definition) is 4. The molecule has 0 spiro atoms. The van der Waals surface area contributed by atoms with Crippen LogP contribution in [0.25, 0.3) is 0 Å². The van der Waals surface area contributed by atoms with E-state index >= 15 is 0 Å². The summed E-state index contributed by atoms with van der Waals surface area (Å²) in [5.74, 6) is 0.667. The molecule has 0 amide bonds. The van der Waals surface area contributed by atoms with Gasteiger partial charge < -0.3 is 10.4 Å². The predicted octanol–water partition coefficient (Wildman–Crippen LogP) is 2.20. The average Bonchev–Trinajstić information content (AvgIpc) is 2.62. The third-order valence-corrected chi connectivity index (χ3v) is 3.39. The van der Waals surface area contributed by atoms with Crippen molar-refractivity contribution >= 4 is 11.3 Å². The topological polar surface area (TPSA) is 45.2 Å². The Morgan fingerprint density at radius 3 is 2.81 bits per heavy atom. The summed E-state index contributed by atoms with van der Waals surface area (Å²) in [5.41, 5.74) is 0. The zero-order valence-electron chi connectivity index (χ0n) is 10.4. The van der Waals surface area contributed by atoms with Crippen molar-refractivity contribution in [1.29, 1.82) is 0 Å². The standard InChI is InChI=1S/C12H22N2OS/c1-9(2)6-12-14-8-11(16-12)7-13-10(3)4-5-15/h8-10,13,15H,4-7H2,1-3H3/t10-/m1/s1. The van der Waals surface area contributed by atoms with Crippen LogP contribution >= 0.6 is 11.3 Å². The highest BCUT2D eigenvalue weighted by atomic mass is 32.1. The summed E-state index contributed by atoms with van der Waals surface area (Å²) in [7, 11) is 0. The Labute approximate surface area is 102 Å². The molecule has 16 heavy (non-hydrogen) atoms. The van der Waals surface area contributed by atoms with Gasteiger partial charge in [-0.2, -0.15) is 0 Å². The molecule has 1 aromatic rings. The molecule has 3 nitrogen and oxygen atoms in total. The minimum absolute atomic E-state index is 0.245. The lowest BCUT2D eigenvalue weighted by molar-refractivity contribution is 0.269. The van der Waals surface area contributed by atoms with Crippen molar-refractivity contribution in [3.05, 3.63) is 16.1 Å². The number of aliphatic hydroxyl groups excluding tert-OH is 1. The highest BCUT2D eigenvalue weighted by molar-refractivity contribution is 7.11. The quantitative estimate of drug-likeness (QED) is 0.770. The first kappa shape index (κ1) is 13.6. The lowest BCUT2D eigenvalue weighted by Crippen LogP contribution is -2.25. The van der Waals surface area contributed by atoms with Gasteiger partial charge in [-0.25, -0.2) is 4.98 Å². The van der Waals surface area contributed by atoms with E-state index in [1.54, 1.807) is 11.3 Å². The molecule has 0 unspecified atom stereocenters. The van der Waals surface area contributed by atoms with E-state index < -0.39 is 0 Å². The molecule has 0 fully saturated rings. The fourth-order valence-electron chi connectivity index (χ4n) is 1.44. The number of aliphatic hydroxyl groups is 1. The molecular formula is C12H22N2OS. The Balaban J connectivity index is 2.34. The van der Waals surface area contributed by atoms with E-state index in [9.17, 15) is 0 Å². The molecular weight excluding hydrogens is 220 g/mol. The highest BCUT2D eigenvalue weighted by Crippen LogP contribution is 2.16. The molecule has 0 aliphatic carbocycles. The summed E-state index contributed by atoms with van der Waals surface area (Å²) in [6, 6.07) is 0.362. The van der Waals surface area contributed by atoms with Gasteiger partial charge in [-0.05, 0) is 19.3 Å². The summed E-state index contributed by atoms with van der Waals surface area (Å²) in [6.07, 6.45) is 3.83. The van der Waals surface area contributed by atoms with E-state index in [1.807, 2.05) is 6.20 Å². The summed E-state index contributed by atoms with van der Waals surface area (Å²) in [5, 5.41) is 13.4. The Bertz CT molecular complexity index is 299. The van der Waals surface area contributed by atoms with Gasteiger partial charge in [0.1, 0.15) is 0 Å². The van der Waals surface area contributed by atoms with Gasteiger partial charge in [0, 0.05) is 36.7 Å². The van der Waals surface area contributed by atoms with E-state index in [-0.39, 0.29) is 6.61 Å². The third-order valence-electron chi connectivity index (χ3n) is 2.37. The van der Waals surface area contributed by atoms with Crippen LogP contribution in [-0.2, 0) is 13.0 Å². The Hall–Kier alpha value is -0.450. The Morgan fingerprint density at radius 2 is 2.19 bits per heavy atom. The summed E-state index contributed by atoms with van der Waals surface area (Å²) < 4.78 is 0. The first-order chi connectivity index (χ1) is 7.61. The second-order valence-corrected chi connectivity index (χ2v) is 5.81. The second-order valence-electron chi connectivity index (χ2n) is 4.61. The Kier molecular flexibility index (Phi) is 5.95. The number of hydrogen-bond donors (Lipinski definition) is 2. The van der Waals surface area contributed by atoms with Crippen LogP contribution in [-0.4, -0.2) is 22.7 Å². The summed E-state index contributed by atoms with van der Waals surface area (Å²) in [6.45, 7) is 7.62.